The maximum atomic E-state index is 11.6. The molecule has 1 fully saturated rings. The first-order valence-electron chi connectivity index (χ1n) is 5.62. The van der Waals surface area contributed by atoms with Crippen molar-refractivity contribution in [2.24, 2.45) is 0 Å². The number of halogens is 1. The Bertz CT molecular complexity index is 477. The Kier molecular flexibility index (Phi) is 3.99. The lowest BCUT2D eigenvalue weighted by atomic mass is 10.1. The molecule has 1 aromatic heterocycles. The third-order valence-electron chi connectivity index (χ3n) is 3.03. The molecule has 1 aliphatic rings. The molecule has 1 aromatic rings. The molecule has 0 radical (unpaired) electrons. The summed E-state index contributed by atoms with van der Waals surface area (Å²) < 4.78 is 0. The predicted molar refractivity (Wildman–Crippen MR) is 69.4 cm³/mol. The molecular weight excluding hydrogens is 274 g/mol. The van der Waals surface area contributed by atoms with Gasteiger partial charge in [-0.1, -0.05) is 0 Å². The molecule has 7 heteroatoms. The largest absolute Gasteiger partial charge is 0.294 e. The van der Waals surface area contributed by atoms with Gasteiger partial charge in [-0.15, -0.1) is 22.9 Å². The summed E-state index contributed by atoms with van der Waals surface area (Å²) in [6.07, 6.45) is 0. The summed E-state index contributed by atoms with van der Waals surface area (Å²) in [5.74, 6) is -0.149. The highest BCUT2D eigenvalue weighted by molar-refractivity contribution is 7.09. The number of aromatic nitrogens is 1. The zero-order valence-electron chi connectivity index (χ0n) is 10.1. The molecule has 1 saturated heterocycles. The number of carbonyl (C=O) groups is 2. The Labute approximate surface area is 114 Å². The fourth-order valence-corrected chi connectivity index (χ4v) is 3.05. The SMILES string of the molecule is CC1C(=O)NC(=O)CN1C(C)c1nc(CCl)cs1. The highest BCUT2D eigenvalue weighted by Gasteiger charge is 2.34. The number of hydrogen-bond acceptors (Lipinski definition) is 5. The van der Waals surface area contributed by atoms with Crippen molar-refractivity contribution in [1.29, 1.82) is 0 Å². The van der Waals surface area contributed by atoms with Crippen LogP contribution < -0.4 is 5.32 Å². The van der Waals surface area contributed by atoms with E-state index in [1.807, 2.05) is 17.2 Å². The molecule has 18 heavy (non-hydrogen) atoms. The molecule has 5 nitrogen and oxygen atoms in total. The van der Waals surface area contributed by atoms with Gasteiger partial charge in [0.2, 0.25) is 11.8 Å². The van der Waals surface area contributed by atoms with Crippen LogP contribution in [0.4, 0.5) is 0 Å². The third kappa shape index (κ3) is 2.55. The van der Waals surface area contributed by atoms with E-state index in [-0.39, 0.29) is 30.4 Å². The normalized spacial score (nSPS) is 22.9. The summed E-state index contributed by atoms with van der Waals surface area (Å²) in [6, 6.07) is -0.405. The Morgan fingerprint density at radius 1 is 1.67 bits per heavy atom. The first-order valence-corrected chi connectivity index (χ1v) is 7.04. The van der Waals surface area contributed by atoms with Gasteiger partial charge in [0, 0.05) is 5.38 Å². The van der Waals surface area contributed by atoms with E-state index in [1.54, 1.807) is 6.92 Å². The van der Waals surface area contributed by atoms with Crippen LogP contribution in [0.3, 0.4) is 0 Å². The summed E-state index contributed by atoms with van der Waals surface area (Å²) in [6.45, 7) is 3.94. The van der Waals surface area contributed by atoms with E-state index < -0.39 is 0 Å². The molecule has 2 amide bonds. The second kappa shape index (κ2) is 5.34. The molecular formula is C11H14ClN3O2S. The lowest BCUT2D eigenvalue weighted by Gasteiger charge is -2.35. The van der Waals surface area contributed by atoms with Crippen molar-refractivity contribution < 1.29 is 9.59 Å². The lowest BCUT2D eigenvalue weighted by molar-refractivity contribution is -0.140. The number of nitrogens with one attached hydrogen (secondary N) is 1. The van der Waals surface area contributed by atoms with E-state index in [0.717, 1.165) is 10.7 Å². The van der Waals surface area contributed by atoms with Crippen LogP contribution in [0.2, 0.25) is 0 Å². The minimum atomic E-state index is -0.332. The zero-order valence-corrected chi connectivity index (χ0v) is 11.7. The number of carbonyl (C=O) groups excluding carboxylic acids is 2. The molecule has 0 saturated carbocycles. The minimum absolute atomic E-state index is 0.0723. The van der Waals surface area contributed by atoms with Gasteiger partial charge in [0.1, 0.15) is 5.01 Å². The zero-order chi connectivity index (χ0) is 13.3. The smallest absolute Gasteiger partial charge is 0.243 e. The fraction of sp³-hybridized carbons (Fsp3) is 0.545. The topological polar surface area (TPSA) is 62.3 Å². The number of hydrogen-bond donors (Lipinski definition) is 1. The van der Waals surface area contributed by atoms with Gasteiger partial charge in [-0.2, -0.15) is 0 Å². The molecule has 0 spiro atoms. The Balaban J connectivity index is 2.18. The van der Waals surface area contributed by atoms with E-state index in [0.29, 0.717) is 5.88 Å². The maximum Gasteiger partial charge on any atom is 0.243 e. The van der Waals surface area contributed by atoms with E-state index in [9.17, 15) is 9.59 Å². The van der Waals surface area contributed by atoms with Crippen molar-refractivity contribution in [3.8, 4) is 0 Å². The van der Waals surface area contributed by atoms with Gasteiger partial charge >= 0.3 is 0 Å². The molecule has 0 aliphatic carbocycles. The highest BCUT2D eigenvalue weighted by Crippen LogP contribution is 2.26. The van der Waals surface area contributed by atoms with E-state index >= 15 is 0 Å². The Hall–Kier alpha value is -0.980. The second-order valence-electron chi connectivity index (χ2n) is 4.25. The first kappa shape index (κ1) is 13.5. The number of imide groups is 1. The van der Waals surface area contributed by atoms with Crippen LogP contribution in [-0.4, -0.2) is 34.3 Å². The van der Waals surface area contributed by atoms with Gasteiger partial charge in [0.15, 0.2) is 0 Å². The number of alkyl halides is 1. The maximum absolute atomic E-state index is 11.6. The average molecular weight is 288 g/mol. The number of nitrogens with zero attached hydrogens (tertiary/aromatic N) is 2. The number of piperazine rings is 1. The molecule has 2 heterocycles. The van der Waals surface area contributed by atoms with Crippen molar-refractivity contribution in [3.05, 3.63) is 16.1 Å². The number of rotatable bonds is 3. The predicted octanol–water partition coefficient (Wildman–Crippen LogP) is 1.29. The van der Waals surface area contributed by atoms with Crippen LogP contribution in [-0.2, 0) is 15.5 Å². The lowest BCUT2D eigenvalue weighted by Crippen LogP contribution is -2.57. The summed E-state index contributed by atoms with van der Waals surface area (Å²) >= 11 is 7.22. The molecule has 2 rings (SSSR count). The van der Waals surface area contributed by atoms with Gasteiger partial charge in [-0.3, -0.25) is 19.8 Å². The molecule has 0 aromatic carbocycles. The summed E-state index contributed by atoms with van der Waals surface area (Å²) in [5, 5.41) is 5.10. The van der Waals surface area contributed by atoms with E-state index in [4.69, 9.17) is 11.6 Å². The van der Waals surface area contributed by atoms with E-state index in [1.165, 1.54) is 11.3 Å². The number of amides is 2. The van der Waals surface area contributed by atoms with Crippen LogP contribution in [0.1, 0.15) is 30.6 Å². The van der Waals surface area contributed by atoms with E-state index in [2.05, 4.69) is 10.3 Å². The average Bonchev–Trinajstić information content (AvgIpc) is 2.81. The Morgan fingerprint density at radius 3 is 3.00 bits per heavy atom. The minimum Gasteiger partial charge on any atom is -0.294 e. The molecule has 0 bridgehead atoms. The van der Waals surface area contributed by atoms with Crippen LogP contribution in [0, 0.1) is 0 Å². The molecule has 2 unspecified atom stereocenters. The second-order valence-corrected chi connectivity index (χ2v) is 5.40. The standard InChI is InChI=1S/C11H14ClN3O2S/c1-6-10(17)14-9(16)4-15(6)7(2)11-13-8(3-12)5-18-11/h5-7H,3-4H2,1-2H3,(H,14,16,17). The fourth-order valence-electron chi connectivity index (χ4n) is 1.92. The van der Waals surface area contributed by atoms with Gasteiger partial charge in [0.25, 0.3) is 0 Å². The van der Waals surface area contributed by atoms with Crippen LogP contribution in [0.15, 0.2) is 5.38 Å². The monoisotopic (exact) mass is 287 g/mol. The molecule has 2 atom stereocenters. The number of thiazole rings is 1. The summed E-state index contributed by atoms with van der Waals surface area (Å²) in [4.78, 5) is 29.3. The third-order valence-corrected chi connectivity index (χ3v) is 4.36. The van der Waals surface area contributed by atoms with Crippen molar-refractivity contribution in [2.75, 3.05) is 6.54 Å². The summed E-state index contributed by atoms with van der Waals surface area (Å²) in [5.41, 5.74) is 0.823. The van der Waals surface area contributed by atoms with Crippen molar-refractivity contribution in [2.45, 2.75) is 31.8 Å². The van der Waals surface area contributed by atoms with Crippen molar-refractivity contribution in [3.63, 3.8) is 0 Å². The van der Waals surface area contributed by atoms with Gasteiger partial charge < -0.3 is 0 Å². The van der Waals surface area contributed by atoms with Crippen LogP contribution in [0.25, 0.3) is 0 Å². The molecule has 98 valence electrons. The van der Waals surface area contributed by atoms with Crippen LogP contribution >= 0.6 is 22.9 Å². The quantitative estimate of drug-likeness (QED) is 0.672. The molecule has 1 aliphatic heterocycles. The summed E-state index contributed by atoms with van der Waals surface area (Å²) in [7, 11) is 0. The highest BCUT2D eigenvalue weighted by atomic mass is 35.5. The first-order chi connectivity index (χ1) is 8.52. The van der Waals surface area contributed by atoms with Gasteiger partial charge in [0.05, 0.1) is 30.2 Å². The van der Waals surface area contributed by atoms with Gasteiger partial charge in [-0.25, -0.2) is 4.98 Å². The van der Waals surface area contributed by atoms with Gasteiger partial charge in [-0.05, 0) is 13.8 Å². The van der Waals surface area contributed by atoms with Crippen molar-refractivity contribution >= 4 is 34.8 Å². The van der Waals surface area contributed by atoms with Crippen LogP contribution in [0.5, 0.6) is 0 Å². The Morgan fingerprint density at radius 2 is 2.39 bits per heavy atom. The molecule has 1 N–H and O–H groups in total. The van der Waals surface area contributed by atoms with Crippen molar-refractivity contribution in [1.82, 2.24) is 15.2 Å².